The lowest BCUT2D eigenvalue weighted by atomic mass is 9.57. The number of carbonyl (C=O) groups excluding carboxylic acids is 1. The van der Waals surface area contributed by atoms with Crippen LogP contribution in [0.4, 0.5) is 0 Å². The highest BCUT2D eigenvalue weighted by atomic mass is 16.1. The largest absolute Gasteiger partial charge is 0.295 e. The van der Waals surface area contributed by atoms with E-state index in [1.165, 1.54) is 12.8 Å². The number of rotatable bonds is 0. The Morgan fingerprint density at radius 2 is 2.14 bits per heavy atom. The summed E-state index contributed by atoms with van der Waals surface area (Å²) in [7, 11) is 0. The molecule has 1 heteroatoms. The first kappa shape index (κ1) is 9.95. The summed E-state index contributed by atoms with van der Waals surface area (Å²) in [5, 5.41) is 0. The van der Waals surface area contributed by atoms with Crippen molar-refractivity contribution in [1.82, 2.24) is 0 Å². The maximum atomic E-state index is 11.8. The van der Waals surface area contributed by atoms with E-state index in [1.54, 1.807) is 6.08 Å². The van der Waals surface area contributed by atoms with E-state index < -0.39 is 0 Å². The van der Waals surface area contributed by atoms with Crippen LogP contribution in [-0.2, 0) is 4.79 Å². The van der Waals surface area contributed by atoms with Crippen LogP contribution < -0.4 is 0 Å². The molecule has 2 aliphatic rings. The molecule has 14 heavy (non-hydrogen) atoms. The maximum absolute atomic E-state index is 11.8. The number of fused-ring (bicyclic) bond motifs is 1. The van der Waals surface area contributed by atoms with Gasteiger partial charge in [-0.15, -0.1) is 0 Å². The standard InChI is InChI=1S/C13H20O/c1-9-12-10(5-4-6-11(12)14)7-8-13(9,2)3/h4,6,9-10,12H,5,7-8H2,1-3H3. The molecule has 0 aromatic carbocycles. The molecule has 1 saturated carbocycles. The second kappa shape index (κ2) is 3.22. The van der Waals surface area contributed by atoms with Crippen LogP contribution in [0.5, 0.6) is 0 Å². The van der Waals surface area contributed by atoms with Crippen LogP contribution in [0.1, 0.15) is 40.0 Å². The van der Waals surface area contributed by atoms with Gasteiger partial charge in [0.2, 0.25) is 0 Å². The summed E-state index contributed by atoms with van der Waals surface area (Å²) in [6, 6.07) is 0. The smallest absolute Gasteiger partial charge is 0.159 e. The van der Waals surface area contributed by atoms with E-state index in [1.807, 2.05) is 0 Å². The molecular formula is C13H20O. The van der Waals surface area contributed by atoms with Crippen molar-refractivity contribution in [3.63, 3.8) is 0 Å². The Bertz CT molecular complexity index is 275. The van der Waals surface area contributed by atoms with Crippen LogP contribution in [0.15, 0.2) is 12.2 Å². The van der Waals surface area contributed by atoms with Gasteiger partial charge in [-0.1, -0.05) is 26.8 Å². The topological polar surface area (TPSA) is 17.1 Å². The molecule has 3 atom stereocenters. The molecule has 0 aliphatic heterocycles. The van der Waals surface area contributed by atoms with Crippen molar-refractivity contribution in [2.75, 3.05) is 0 Å². The quantitative estimate of drug-likeness (QED) is 0.576. The van der Waals surface area contributed by atoms with Crippen molar-refractivity contribution in [2.24, 2.45) is 23.2 Å². The molecular weight excluding hydrogens is 172 g/mol. The fraction of sp³-hybridized carbons (Fsp3) is 0.769. The third-order valence-corrected chi connectivity index (χ3v) is 4.49. The molecule has 0 saturated heterocycles. The van der Waals surface area contributed by atoms with Crippen molar-refractivity contribution in [1.29, 1.82) is 0 Å². The Morgan fingerprint density at radius 3 is 2.86 bits per heavy atom. The van der Waals surface area contributed by atoms with Gasteiger partial charge in [0.1, 0.15) is 0 Å². The normalized spacial score (nSPS) is 40.8. The van der Waals surface area contributed by atoms with E-state index in [-0.39, 0.29) is 0 Å². The third kappa shape index (κ3) is 1.43. The second-order valence-electron chi connectivity index (χ2n) is 5.64. The first-order valence-electron chi connectivity index (χ1n) is 5.73. The first-order valence-corrected chi connectivity index (χ1v) is 5.73. The lowest BCUT2D eigenvalue weighted by molar-refractivity contribution is -0.126. The summed E-state index contributed by atoms with van der Waals surface area (Å²) < 4.78 is 0. The predicted octanol–water partition coefficient (Wildman–Crippen LogP) is 3.20. The maximum Gasteiger partial charge on any atom is 0.159 e. The number of carbonyl (C=O) groups is 1. The zero-order valence-electron chi connectivity index (χ0n) is 9.42. The van der Waals surface area contributed by atoms with E-state index in [9.17, 15) is 4.79 Å². The van der Waals surface area contributed by atoms with Crippen molar-refractivity contribution >= 4 is 5.78 Å². The number of hydrogen-bond acceptors (Lipinski definition) is 1. The Morgan fingerprint density at radius 1 is 1.43 bits per heavy atom. The van der Waals surface area contributed by atoms with E-state index >= 15 is 0 Å². The zero-order chi connectivity index (χ0) is 10.3. The van der Waals surface area contributed by atoms with Gasteiger partial charge >= 0.3 is 0 Å². The molecule has 2 aliphatic carbocycles. The molecule has 78 valence electrons. The van der Waals surface area contributed by atoms with Gasteiger partial charge in [0.25, 0.3) is 0 Å². The molecule has 0 aromatic rings. The molecule has 0 spiro atoms. The van der Waals surface area contributed by atoms with Gasteiger partial charge in [-0.3, -0.25) is 4.79 Å². The van der Waals surface area contributed by atoms with Crippen molar-refractivity contribution in [3.05, 3.63) is 12.2 Å². The summed E-state index contributed by atoms with van der Waals surface area (Å²) in [6.45, 7) is 6.87. The van der Waals surface area contributed by atoms with Gasteiger partial charge in [0.15, 0.2) is 5.78 Å². The Balaban J connectivity index is 2.27. The highest BCUT2D eigenvalue weighted by Crippen LogP contribution is 2.49. The highest BCUT2D eigenvalue weighted by molar-refractivity contribution is 5.93. The van der Waals surface area contributed by atoms with Crippen molar-refractivity contribution in [3.8, 4) is 0 Å². The SMILES string of the molecule is CC1C2C(=O)C=CCC2CCC1(C)C. The molecule has 0 radical (unpaired) electrons. The molecule has 1 fully saturated rings. The van der Waals surface area contributed by atoms with E-state index in [0.29, 0.717) is 29.0 Å². The van der Waals surface area contributed by atoms with Gasteiger partial charge in [0.05, 0.1) is 0 Å². The van der Waals surface area contributed by atoms with Crippen LogP contribution in [0, 0.1) is 23.2 Å². The molecule has 0 N–H and O–H groups in total. The van der Waals surface area contributed by atoms with Gasteiger partial charge in [-0.25, -0.2) is 0 Å². The van der Waals surface area contributed by atoms with Gasteiger partial charge in [0, 0.05) is 5.92 Å². The molecule has 1 nitrogen and oxygen atoms in total. The minimum Gasteiger partial charge on any atom is -0.295 e. The Hall–Kier alpha value is -0.590. The summed E-state index contributed by atoms with van der Waals surface area (Å²) in [4.78, 5) is 11.8. The minimum absolute atomic E-state index is 0.309. The van der Waals surface area contributed by atoms with Crippen LogP contribution in [0.3, 0.4) is 0 Å². The van der Waals surface area contributed by atoms with Crippen LogP contribution in [-0.4, -0.2) is 5.78 Å². The van der Waals surface area contributed by atoms with E-state index in [2.05, 4.69) is 26.8 Å². The fourth-order valence-corrected chi connectivity index (χ4v) is 3.07. The van der Waals surface area contributed by atoms with Gasteiger partial charge < -0.3 is 0 Å². The van der Waals surface area contributed by atoms with Gasteiger partial charge in [-0.05, 0) is 42.6 Å². The predicted molar refractivity (Wildman–Crippen MR) is 57.9 cm³/mol. The van der Waals surface area contributed by atoms with Crippen LogP contribution >= 0.6 is 0 Å². The Labute approximate surface area is 86.6 Å². The average Bonchev–Trinajstić information content (AvgIpc) is 2.12. The fourth-order valence-electron chi connectivity index (χ4n) is 3.07. The zero-order valence-corrected chi connectivity index (χ0v) is 9.42. The molecule has 0 amide bonds. The minimum atomic E-state index is 0.309. The first-order chi connectivity index (χ1) is 6.52. The molecule has 2 rings (SSSR count). The van der Waals surface area contributed by atoms with Crippen LogP contribution in [0.2, 0.25) is 0 Å². The lowest BCUT2D eigenvalue weighted by Gasteiger charge is -2.46. The molecule has 0 bridgehead atoms. The lowest BCUT2D eigenvalue weighted by Crippen LogP contribution is -2.42. The molecule has 3 unspecified atom stereocenters. The molecule has 0 aromatic heterocycles. The summed E-state index contributed by atoms with van der Waals surface area (Å²) >= 11 is 0. The van der Waals surface area contributed by atoms with E-state index in [0.717, 1.165) is 6.42 Å². The average molecular weight is 192 g/mol. The van der Waals surface area contributed by atoms with Crippen molar-refractivity contribution in [2.45, 2.75) is 40.0 Å². The second-order valence-corrected chi connectivity index (χ2v) is 5.64. The van der Waals surface area contributed by atoms with E-state index in [4.69, 9.17) is 0 Å². The molecule has 0 heterocycles. The third-order valence-electron chi connectivity index (χ3n) is 4.49. The number of ketones is 1. The summed E-state index contributed by atoms with van der Waals surface area (Å²) in [5.74, 6) is 1.86. The summed E-state index contributed by atoms with van der Waals surface area (Å²) in [6.07, 6.45) is 7.50. The van der Waals surface area contributed by atoms with Gasteiger partial charge in [-0.2, -0.15) is 0 Å². The van der Waals surface area contributed by atoms with Crippen molar-refractivity contribution < 1.29 is 4.79 Å². The van der Waals surface area contributed by atoms with Crippen LogP contribution in [0.25, 0.3) is 0 Å². The Kier molecular flexibility index (Phi) is 2.29. The summed E-state index contributed by atoms with van der Waals surface area (Å²) in [5.41, 5.74) is 0.349. The number of allylic oxidation sites excluding steroid dienone is 2. The monoisotopic (exact) mass is 192 g/mol. The highest BCUT2D eigenvalue weighted by Gasteiger charge is 2.44. The number of hydrogen-bond donors (Lipinski definition) is 0.